The van der Waals surface area contributed by atoms with E-state index in [-0.39, 0.29) is 0 Å². The van der Waals surface area contributed by atoms with E-state index in [1.807, 2.05) is 0 Å². The smallest absolute Gasteiger partial charge is 0.0391 e. The fourth-order valence-corrected chi connectivity index (χ4v) is 1.89. The van der Waals surface area contributed by atoms with E-state index in [2.05, 4.69) is 41.5 Å². The van der Waals surface area contributed by atoms with Crippen LogP contribution in [0.1, 0.15) is 54.4 Å². The molecule has 0 heteroatoms. The summed E-state index contributed by atoms with van der Waals surface area (Å²) in [7, 11) is 0. The molecule has 0 aliphatic rings. The van der Waals surface area contributed by atoms with Gasteiger partial charge in [0.25, 0.3) is 0 Å². The molecule has 74 valence electrons. The van der Waals surface area contributed by atoms with E-state index in [0.717, 1.165) is 23.7 Å². The molecule has 0 N–H and O–H groups in total. The summed E-state index contributed by atoms with van der Waals surface area (Å²) in [6, 6.07) is 0. The van der Waals surface area contributed by atoms with E-state index in [4.69, 9.17) is 0 Å². The van der Waals surface area contributed by atoms with Gasteiger partial charge in [0.15, 0.2) is 0 Å². The molecule has 12 heavy (non-hydrogen) atoms. The lowest BCUT2D eigenvalue weighted by Gasteiger charge is -2.26. The standard InChI is InChI=1S/C12H26/c1-7-10(4)12(6)11(5)8-9(2)3/h9-12H,7-8H2,1-6H3/t10-,11+,12+/m1/s1. The SMILES string of the molecule is CC[C@@H](C)[C@H](C)[C@@H](C)CC(C)C. The molecule has 0 spiro atoms. The Morgan fingerprint density at radius 2 is 1.33 bits per heavy atom. The Kier molecular flexibility index (Phi) is 5.61. The van der Waals surface area contributed by atoms with Gasteiger partial charge in [-0.3, -0.25) is 0 Å². The Hall–Kier alpha value is 0. The average Bonchev–Trinajstić information content (AvgIpc) is 2.00. The van der Waals surface area contributed by atoms with E-state index in [9.17, 15) is 0 Å². The minimum absolute atomic E-state index is 0.853. The van der Waals surface area contributed by atoms with Crippen LogP contribution in [0.5, 0.6) is 0 Å². The first-order valence-electron chi connectivity index (χ1n) is 5.49. The fraction of sp³-hybridized carbons (Fsp3) is 1.00. The van der Waals surface area contributed by atoms with Crippen molar-refractivity contribution in [3.05, 3.63) is 0 Å². The van der Waals surface area contributed by atoms with Crippen LogP contribution < -0.4 is 0 Å². The largest absolute Gasteiger partial charge is 0.0651 e. The van der Waals surface area contributed by atoms with Crippen LogP contribution in [-0.4, -0.2) is 0 Å². The summed E-state index contributed by atoms with van der Waals surface area (Å²) in [5.74, 6) is 3.52. The van der Waals surface area contributed by atoms with Crippen molar-refractivity contribution in [2.45, 2.75) is 54.4 Å². The zero-order valence-electron chi connectivity index (χ0n) is 9.72. The van der Waals surface area contributed by atoms with Crippen molar-refractivity contribution in [3.8, 4) is 0 Å². The van der Waals surface area contributed by atoms with Crippen LogP contribution >= 0.6 is 0 Å². The van der Waals surface area contributed by atoms with Gasteiger partial charge in [0.2, 0.25) is 0 Å². The summed E-state index contributed by atoms with van der Waals surface area (Å²) in [5.41, 5.74) is 0. The zero-order chi connectivity index (χ0) is 9.72. The lowest BCUT2D eigenvalue weighted by molar-refractivity contribution is 0.240. The first kappa shape index (κ1) is 12.0. The second kappa shape index (κ2) is 5.61. The monoisotopic (exact) mass is 170 g/mol. The third kappa shape index (κ3) is 4.13. The molecule has 0 aliphatic heterocycles. The molecule has 0 heterocycles. The second-order valence-electron chi connectivity index (χ2n) is 4.85. The van der Waals surface area contributed by atoms with Crippen molar-refractivity contribution >= 4 is 0 Å². The normalized spacial score (nSPS) is 19.2. The van der Waals surface area contributed by atoms with Gasteiger partial charge in [-0.25, -0.2) is 0 Å². The first-order chi connectivity index (χ1) is 5.49. The van der Waals surface area contributed by atoms with Crippen LogP contribution in [0.15, 0.2) is 0 Å². The highest BCUT2D eigenvalue weighted by molar-refractivity contribution is 4.68. The Balaban J connectivity index is 3.83. The number of hydrogen-bond donors (Lipinski definition) is 0. The van der Waals surface area contributed by atoms with Crippen LogP contribution in [0.4, 0.5) is 0 Å². The van der Waals surface area contributed by atoms with Crippen molar-refractivity contribution in [1.82, 2.24) is 0 Å². The van der Waals surface area contributed by atoms with Crippen LogP contribution in [-0.2, 0) is 0 Å². The Morgan fingerprint density at radius 1 is 0.833 bits per heavy atom. The maximum Gasteiger partial charge on any atom is -0.0391 e. The van der Waals surface area contributed by atoms with Crippen LogP contribution in [0.25, 0.3) is 0 Å². The topological polar surface area (TPSA) is 0 Å². The van der Waals surface area contributed by atoms with Gasteiger partial charge in [-0.1, -0.05) is 48.0 Å². The molecular formula is C12H26. The van der Waals surface area contributed by atoms with E-state index in [1.54, 1.807) is 0 Å². The molecular weight excluding hydrogens is 144 g/mol. The molecule has 0 saturated heterocycles. The lowest BCUT2D eigenvalue weighted by Crippen LogP contribution is -2.17. The molecule has 3 atom stereocenters. The molecule has 0 radical (unpaired) electrons. The highest BCUT2D eigenvalue weighted by Crippen LogP contribution is 2.27. The van der Waals surface area contributed by atoms with Gasteiger partial charge in [0.1, 0.15) is 0 Å². The van der Waals surface area contributed by atoms with Gasteiger partial charge in [-0.05, 0) is 30.1 Å². The Morgan fingerprint density at radius 3 is 1.67 bits per heavy atom. The van der Waals surface area contributed by atoms with Gasteiger partial charge < -0.3 is 0 Å². The molecule has 0 fully saturated rings. The minimum atomic E-state index is 0.853. The van der Waals surface area contributed by atoms with Crippen LogP contribution in [0.2, 0.25) is 0 Å². The van der Waals surface area contributed by atoms with E-state index in [0.29, 0.717) is 0 Å². The molecule has 0 rings (SSSR count). The first-order valence-corrected chi connectivity index (χ1v) is 5.49. The summed E-state index contributed by atoms with van der Waals surface area (Å²) in [4.78, 5) is 0. The van der Waals surface area contributed by atoms with Crippen molar-refractivity contribution in [2.24, 2.45) is 23.7 Å². The predicted octanol–water partition coefficient (Wildman–Crippen LogP) is 4.35. The Labute approximate surface area is 78.8 Å². The second-order valence-corrected chi connectivity index (χ2v) is 4.85. The van der Waals surface area contributed by atoms with Gasteiger partial charge in [-0.2, -0.15) is 0 Å². The maximum absolute atomic E-state index is 2.40. The van der Waals surface area contributed by atoms with Crippen molar-refractivity contribution in [1.29, 1.82) is 0 Å². The quantitative estimate of drug-likeness (QED) is 0.575. The summed E-state index contributed by atoms with van der Waals surface area (Å²) < 4.78 is 0. The Bertz CT molecular complexity index is 105. The highest BCUT2D eigenvalue weighted by Gasteiger charge is 2.18. The molecule has 0 aromatic carbocycles. The zero-order valence-corrected chi connectivity index (χ0v) is 9.72. The summed E-state index contributed by atoms with van der Waals surface area (Å²) in [5, 5.41) is 0. The lowest BCUT2D eigenvalue weighted by atomic mass is 9.80. The molecule has 0 nitrogen and oxygen atoms in total. The van der Waals surface area contributed by atoms with Gasteiger partial charge in [0.05, 0.1) is 0 Å². The summed E-state index contributed by atoms with van der Waals surface area (Å²) in [6.45, 7) is 14.1. The van der Waals surface area contributed by atoms with Crippen LogP contribution in [0, 0.1) is 23.7 Å². The van der Waals surface area contributed by atoms with Gasteiger partial charge in [-0.15, -0.1) is 0 Å². The molecule has 0 bridgehead atoms. The van der Waals surface area contributed by atoms with Crippen LogP contribution in [0.3, 0.4) is 0 Å². The van der Waals surface area contributed by atoms with Crippen molar-refractivity contribution in [2.75, 3.05) is 0 Å². The molecule has 0 amide bonds. The third-order valence-corrected chi connectivity index (χ3v) is 3.28. The summed E-state index contributed by atoms with van der Waals surface area (Å²) in [6.07, 6.45) is 2.70. The molecule has 0 aliphatic carbocycles. The van der Waals surface area contributed by atoms with Crippen molar-refractivity contribution < 1.29 is 0 Å². The molecule has 0 aromatic rings. The van der Waals surface area contributed by atoms with Crippen molar-refractivity contribution in [3.63, 3.8) is 0 Å². The molecule has 0 saturated carbocycles. The van der Waals surface area contributed by atoms with E-state index >= 15 is 0 Å². The molecule has 0 unspecified atom stereocenters. The highest BCUT2D eigenvalue weighted by atomic mass is 14.2. The fourth-order valence-electron chi connectivity index (χ4n) is 1.89. The average molecular weight is 170 g/mol. The third-order valence-electron chi connectivity index (χ3n) is 3.28. The maximum atomic E-state index is 2.40. The van der Waals surface area contributed by atoms with E-state index < -0.39 is 0 Å². The predicted molar refractivity (Wildman–Crippen MR) is 57.2 cm³/mol. The van der Waals surface area contributed by atoms with E-state index in [1.165, 1.54) is 12.8 Å². The molecule has 0 aromatic heterocycles. The number of rotatable bonds is 5. The summed E-state index contributed by atoms with van der Waals surface area (Å²) >= 11 is 0. The van der Waals surface area contributed by atoms with Gasteiger partial charge >= 0.3 is 0 Å². The van der Waals surface area contributed by atoms with Gasteiger partial charge in [0, 0.05) is 0 Å². The minimum Gasteiger partial charge on any atom is -0.0651 e. The number of hydrogen-bond acceptors (Lipinski definition) is 0.